The van der Waals surface area contributed by atoms with Crippen molar-refractivity contribution in [2.24, 2.45) is 5.92 Å². The second-order valence-corrected chi connectivity index (χ2v) is 6.03. The Hall–Kier alpha value is -1.88. The summed E-state index contributed by atoms with van der Waals surface area (Å²) in [5, 5.41) is 13.9. The predicted molar refractivity (Wildman–Crippen MR) is 82.5 cm³/mol. The van der Waals surface area contributed by atoms with Gasteiger partial charge in [0.05, 0.1) is 13.1 Å². The number of carboxylic acids is 1. The fourth-order valence-corrected chi connectivity index (χ4v) is 3.05. The lowest BCUT2D eigenvalue weighted by Crippen LogP contribution is -3.14. The SMILES string of the molecule is CCc1cccc(C)c1NC(=O)C[NH+]1CCC(C(=O)[O-])CC1. The summed E-state index contributed by atoms with van der Waals surface area (Å²) in [4.78, 5) is 24.2. The number of carboxylic acid groups (broad SMARTS) is 1. The van der Waals surface area contributed by atoms with Crippen LogP contribution in [0.1, 0.15) is 30.9 Å². The van der Waals surface area contributed by atoms with Gasteiger partial charge in [-0.1, -0.05) is 25.1 Å². The monoisotopic (exact) mass is 304 g/mol. The maximum absolute atomic E-state index is 12.3. The van der Waals surface area contributed by atoms with Crippen LogP contribution in [0.2, 0.25) is 0 Å². The number of rotatable bonds is 5. The van der Waals surface area contributed by atoms with E-state index in [0.717, 1.165) is 28.1 Å². The van der Waals surface area contributed by atoms with Crippen molar-refractivity contribution in [3.05, 3.63) is 29.3 Å². The first-order chi connectivity index (χ1) is 10.5. The highest BCUT2D eigenvalue weighted by atomic mass is 16.4. The van der Waals surface area contributed by atoms with Crippen LogP contribution in [0.3, 0.4) is 0 Å². The summed E-state index contributed by atoms with van der Waals surface area (Å²) in [6.45, 7) is 5.87. The summed E-state index contributed by atoms with van der Waals surface area (Å²) in [5.74, 6) is -1.32. The van der Waals surface area contributed by atoms with Crippen LogP contribution in [0.15, 0.2) is 18.2 Å². The summed E-state index contributed by atoms with van der Waals surface area (Å²) < 4.78 is 0. The van der Waals surface area contributed by atoms with Crippen LogP contribution >= 0.6 is 0 Å². The minimum atomic E-state index is -0.962. The number of carbonyl (C=O) groups is 2. The Morgan fingerprint density at radius 1 is 1.32 bits per heavy atom. The second-order valence-electron chi connectivity index (χ2n) is 6.03. The first-order valence-electron chi connectivity index (χ1n) is 7.94. The number of nitrogens with one attached hydrogen (secondary N) is 2. The number of aliphatic carboxylic acids is 1. The molecule has 1 fully saturated rings. The highest BCUT2D eigenvalue weighted by Gasteiger charge is 2.24. The molecule has 120 valence electrons. The number of benzene rings is 1. The molecule has 0 aromatic heterocycles. The van der Waals surface area contributed by atoms with Gasteiger partial charge >= 0.3 is 0 Å². The minimum Gasteiger partial charge on any atom is -0.550 e. The quantitative estimate of drug-likeness (QED) is 0.773. The molecule has 1 heterocycles. The van der Waals surface area contributed by atoms with Crippen LogP contribution in [0.4, 0.5) is 5.69 Å². The maximum atomic E-state index is 12.3. The summed E-state index contributed by atoms with van der Waals surface area (Å²) in [7, 11) is 0. The first kappa shape index (κ1) is 16.5. The van der Waals surface area contributed by atoms with Gasteiger partial charge in [0.1, 0.15) is 0 Å². The zero-order valence-corrected chi connectivity index (χ0v) is 13.3. The number of likely N-dealkylation sites (tertiary alicyclic amines) is 1. The molecule has 1 aromatic rings. The Labute approximate surface area is 131 Å². The van der Waals surface area contributed by atoms with Crippen molar-refractivity contribution in [3.63, 3.8) is 0 Å². The molecule has 0 radical (unpaired) electrons. The van der Waals surface area contributed by atoms with Crippen LogP contribution in [-0.2, 0) is 16.0 Å². The summed E-state index contributed by atoms with van der Waals surface area (Å²) in [6, 6.07) is 6.02. The van der Waals surface area contributed by atoms with Crippen molar-refractivity contribution in [3.8, 4) is 0 Å². The predicted octanol–water partition coefficient (Wildman–Crippen LogP) is -0.459. The molecule has 2 N–H and O–H groups in total. The lowest BCUT2D eigenvalue weighted by atomic mass is 9.97. The van der Waals surface area contributed by atoms with E-state index in [-0.39, 0.29) is 11.8 Å². The number of hydrogen-bond acceptors (Lipinski definition) is 3. The van der Waals surface area contributed by atoms with Crippen LogP contribution in [0.25, 0.3) is 0 Å². The lowest BCUT2D eigenvalue weighted by Gasteiger charge is -2.29. The molecule has 2 rings (SSSR count). The molecule has 0 atom stereocenters. The van der Waals surface area contributed by atoms with Crippen LogP contribution < -0.4 is 15.3 Å². The summed E-state index contributed by atoms with van der Waals surface area (Å²) in [6.07, 6.45) is 2.06. The molecule has 1 aromatic carbocycles. The first-order valence-corrected chi connectivity index (χ1v) is 7.94. The van der Waals surface area contributed by atoms with Gasteiger partial charge in [-0.15, -0.1) is 0 Å². The van der Waals surface area contributed by atoms with Gasteiger partial charge in [0.2, 0.25) is 0 Å². The minimum absolute atomic E-state index is 0.00843. The van der Waals surface area contributed by atoms with Gasteiger partial charge in [0, 0.05) is 30.4 Å². The molecule has 1 amide bonds. The molecule has 1 aliphatic rings. The molecule has 5 nitrogen and oxygen atoms in total. The average Bonchev–Trinajstić information content (AvgIpc) is 2.49. The summed E-state index contributed by atoms with van der Waals surface area (Å²) >= 11 is 0. The van der Waals surface area contributed by atoms with Gasteiger partial charge in [-0.3, -0.25) is 4.79 Å². The van der Waals surface area contributed by atoms with E-state index in [4.69, 9.17) is 0 Å². The Kier molecular flexibility index (Phi) is 5.55. The van der Waals surface area contributed by atoms with Crippen molar-refractivity contribution in [2.75, 3.05) is 25.0 Å². The number of anilines is 1. The normalized spacial score (nSPS) is 21.4. The topological polar surface area (TPSA) is 73.7 Å². The number of piperidine rings is 1. The van der Waals surface area contributed by atoms with E-state index in [1.165, 1.54) is 0 Å². The van der Waals surface area contributed by atoms with E-state index >= 15 is 0 Å². The Bertz CT molecular complexity index is 549. The molecule has 0 spiro atoms. The highest BCUT2D eigenvalue weighted by molar-refractivity contribution is 5.93. The van der Waals surface area contributed by atoms with Gasteiger partial charge in [-0.25, -0.2) is 0 Å². The number of para-hydroxylation sites is 1. The average molecular weight is 304 g/mol. The largest absolute Gasteiger partial charge is 0.550 e. The number of aryl methyl sites for hydroxylation is 2. The van der Waals surface area contributed by atoms with Gasteiger partial charge < -0.3 is 20.1 Å². The van der Waals surface area contributed by atoms with E-state index in [0.29, 0.717) is 32.5 Å². The van der Waals surface area contributed by atoms with E-state index in [9.17, 15) is 14.7 Å². The Morgan fingerprint density at radius 2 is 2.00 bits per heavy atom. The number of carbonyl (C=O) groups excluding carboxylic acids is 2. The van der Waals surface area contributed by atoms with Gasteiger partial charge in [0.25, 0.3) is 5.91 Å². The van der Waals surface area contributed by atoms with E-state index < -0.39 is 5.97 Å². The third kappa shape index (κ3) is 4.07. The van der Waals surface area contributed by atoms with Crippen LogP contribution in [0, 0.1) is 12.8 Å². The number of hydrogen-bond donors (Lipinski definition) is 2. The van der Waals surface area contributed by atoms with Crippen molar-refractivity contribution in [1.29, 1.82) is 0 Å². The third-order valence-corrected chi connectivity index (χ3v) is 4.44. The molecule has 22 heavy (non-hydrogen) atoms. The molecule has 0 aliphatic carbocycles. The highest BCUT2D eigenvalue weighted by Crippen LogP contribution is 2.20. The van der Waals surface area contributed by atoms with Gasteiger partial charge in [0.15, 0.2) is 6.54 Å². The smallest absolute Gasteiger partial charge is 0.279 e. The van der Waals surface area contributed by atoms with Gasteiger partial charge in [-0.05, 0) is 24.5 Å². The zero-order chi connectivity index (χ0) is 16.1. The van der Waals surface area contributed by atoms with E-state index in [2.05, 4.69) is 12.2 Å². The lowest BCUT2D eigenvalue weighted by molar-refractivity contribution is -0.897. The number of quaternary nitrogens is 1. The van der Waals surface area contributed by atoms with Crippen molar-refractivity contribution in [2.45, 2.75) is 33.1 Å². The molecule has 0 unspecified atom stereocenters. The summed E-state index contributed by atoms with van der Waals surface area (Å²) in [5.41, 5.74) is 3.12. The molecule has 1 aliphatic heterocycles. The maximum Gasteiger partial charge on any atom is 0.279 e. The molecule has 1 saturated heterocycles. The fraction of sp³-hybridized carbons (Fsp3) is 0.529. The van der Waals surface area contributed by atoms with Crippen molar-refractivity contribution < 1.29 is 19.6 Å². The Morgan fingerprint density at radius 3 is 2.59 bits per heavy atom. The van der Waals surface area contributed by atoms with Crippen LogP contribution in [0.5, 0.6) is 0 Å². The molecule has 0 saturated carbocycles. The van der Waals surface area contributed by atoms with Crippen molar-refractivity contribution >= 4 is 17.6 Å². The second kappa shape index (κ2) is 7.40. The molecular weight excluding hydrogens is 280 g/mol. The molecular formula is C17H24N2O3. The standard InChI is InChI=1S/C17H24N2O3/c1-3-13-6-4-5-12(2)16(13)18-15(20)11-19-9-7-14(8-10-19)17(21)22/h4-6,14H,3,7-11H2,1-2H3,(H,18,20)(H,21,22). The van der Waals surface area contributed by atoms with Crippen LogP contribution in [-0.4, -0.2) is 31.5 Å². The molecule has 5 heteroatoms. The zero-order valence-electron chi connectivity index (χ0n) is 13.3. The van der Waals surface area contributed by atoms with E-state index in [1.54, 1.807) is 0 Å². The Balaban J connectivity index is 1.90. The van der Waals surface area contributed by atoms with Gasteiger partial charge in [-0.2, -0.15) is 0 Å². The van der Waals surface area contributed by atoms with Crippen molar-refractivity contribution in [1.82, 2.24) is 0 Å². The fourth-order valence-electron chi connectivity index (χ4n) is 3.05. The van der Waals surface area contributed by atoms with E-state index in [1.807, 2.05) is 25.1 Å². The number of amides is 1. The third-order valence-electron chi connectivity index (χ3n) is 4.44. The molecule has 0 bridgehead atoms.